The molecule has 1 aromatic carbocycles. The summed E-state index contributed by atoms with van der Waals surface area (Å²) in [5.74, 6) is 0.470. The highest BCUT2D eigenvalue weighted by atomic mass is 16.5. The monoisotopic (exact) mass is 246 g/mol. The molecule has 0 bridgehead atoms. The lowest BCUT2D eigenvalue weighted by Crippen LogP contribution is -2.35. The van der Waals surface area contributed by atoms with Crippen molar-refractivity contribution in [3.05, 3.63) is 49.6 Å². The molecule has 0 atom stereocenters. The van der Waals surface area contributed by atoms with Gasteiger partial charge in [0.1, 0.15) is 5.75 Å². The molecule has 0 aliphatic heterocycles. The second kappa shape index (κ2) is 7.17. The summed E-state index contributed by atoms with van der Waals surface area (Å²) in [6.45, 7) is 8.15. The fourth-order valence-corrected chi connectivity index (χ4v) is 1.43. The molecule has 0 saturated heterocycles. The van der Waals surface area contributed by atoms with Crippen molar-refractivity contribution < 1.29 is 9.53 Å². The van der Waals surface area contributed by atoms with Gasteiger partial charge in [-0.05, 0) is 12.1 Å². The van der Waals surface area contributed by atoms with Gasteiger partial charge in [0.2, 0.25) is 0 Å². The first-order valence-corrected chi connectivity index (χ1v) is 5.65. The highest BCUT2D eigenvalue weighted by Crippen LogP contribution is 2.14. The van der Waals surface area contributed by atoms with Crippen LogP contribution in [0, 0.1) is 0 Å². The summed E-state index contributed by atoms with van der Waals surface area (Å²) in [7, 11) is 0. The molecule has 0 aliphatic rings. The Labute approximate surface area is 107 Å². The van der Waals surface area contributed by atoms with Crippen LogP contribution in [0.1, 0.15) is 0 Å². The van der Waals surface area contributed by atoms with Crippen molar-refractivity contribution in [3.63, 3.8) is 0 Å². The number of nitrogens with zero attached hydrogens (tertiary/aromatic N) is 1. The lowest BCUT2D eigenvalue weighted by atomic mass is 10.3. The van der Waals surface area contributed by atoms with Crippen LogP contribution in [-0.4, -0.2) is 30.5 Å². The van der Waals surface area contributed by atoms with Gasteiger partial charge in [0.05, 0.1) is 0 Å². The molecule has 4 nitrogen and oxygen atoms in total. The average molecular weight is 246 g/mol. The van der Waals surface area contributed by atoms with Gasteiger partial charge in [0.15, 0.2) is 6.61 Å². The van der Waals surface area contributed by atoms with Gasteiger partial charge in [-0.2, -0.15) is 0 Å². The number of carbonyl (C=O) groups is 1. The van der Waals surface area contributed by atoms with E-state index < -0.39 is 0 Å². The van der Waals surface area contributed by atoms with Gasteiger partial charge >= 0.3 is 0 Å². The van der Waals surface area contributed by atoms with Gasteiger partial charge in [0, 0.05) is 24.8 Å². The Morgan fingerprint density at radius 1 is 1.33 bits per heavy atom. The van der Waals surface area contributed by atoms with Gasteiger partial charge in [-0.15, -0.1) is 13.2 Å². The maximum Gasteiger partial charge on any atom is 0.261 e. The Kier molecular flexibility index (Phi) is 5.51. The summed E-state index contributed by atoms with van der Waals surface area (Å²) in [5, 5.41) is 0. The molecule has 0 spiro atoms. The van der Waals surface area contributed by atoms with Crippen molar-refractivity contribution >= 4 is 11.6 Å². The van der Waals surface area contributed by atoms with E-state index in [0.29, 0.717) is 24.5 Å². The average Bonchev–Trinajstić information content (AvgIpc) is 2.36. The Balaban J connectivity index is 2.53. The van der Waals surface area contributed by atoms with Crippen molar-refractivity contribution in [1.29, 1.82) is 0 Å². The SMILES string of the molecule is C=CCN(CC=C)C(=O)COc1cccc(N)c1. The number of anilines is 1. The van der Waals surface area contributed by atoms with E-state index in [0.717, 1.165) is 0 Å². The van der Waals surface area contributed by atoms with Gasteiger partial charge in [0.25, 0.3) is 5.91 Å². The van der Waals surface area contributed by atoms with Crippen molar-refractivity contribution in [1.82, 2.24) is 4.90 Å². The maximum atomic E-state index is 11.9. The first-order valence-electron chi connectivity index (χ1n) is 5.65. The second-order valence-electron chi connectivity index (χ2n) is 3.74. The summed E-state index contributed by atoms with van der Waals surface area (Å²) in [5.41, 5.74) is 6.22. The van der Waals surface area contributed by atoms with Crippen LogP contribution < -0.4 is 10.5 Å². The molecular weight excluding hydrogens is 228 g/mol. The molecule has 2 N–H and O–H groups in total. The summed E-state index contributed by atoms with van der Waals surface area (Å²) < 4.78 is 5.38. The van der Waals surface area contributed by atoms with Crippen LogP contribution in [0.4, 0.5) is 5.69 Å². The van der Waals surface area contributed by atoms with Crippen LogP contribution in [-0.2, 0) is 4.79 Å². The summed E-state index contributed by atoms with van der Waals surface area (Å²) in [4.78, 5) is 13.5. The number of hydrogen-bond acceptors (Lipinski definition) is 3. The molecule has 0 fully saturated rings. The quantitative estimate of drug-likeness (QED) is 0.590. The van der Waals surface area contributed by atoms with Gasteiger partial charge in [-0.1, -0.05) is 18.2 Å². The topological polar surface area (TPSA) is 55.6 Å². The fraction of sp³-hybridized carbons (Fsp3) is 0.214. The first-order chi connectivity index (χ1) is 8.67. The third-order valence-electron chi connectivity index (χ3n) is 2.27. The van der Waals surface area contributed by atoms with Gasteiger partial charge in [-0.3, -0.25) is 4.79 Å². The van der Waals surface area contributed by atoms with E-state index in [4.69, 9.17) is 10.5 Å². The van der Waals surface area contributed by atoms with Gasteiger partial charge in [-0.25, -0.2) is 0 Å². The third kappa shape index (κ3) is 4.33. The molecule has 0 radical (unpaired) electrons. The number of hydrogen-bond donors (Lipinski definition) is 1. The van der Waals surface area contributed by atoms with Crippen LogP contribution in [0.3, 0.4) is 0 Å². The zero-order valence-corrected chi connectivity index (χ0v) is 10.3. The normalized spacial score (nSPS) is 9.56. The number of ether oxygens (including phenoxy) is 1. The number of benzene rings is 1. The highest BCUT2D eigenvalue weighted by molar-refractivity contribution is 5.78. The number of carbonyl (C=O) groups excluding carboxylic acids is 1. The highest BCUT2D eigenvalue weighted by Gasteiger charge is 2.11. The van der Waals surface area contributed by atoms with E-state index in [2.05, 4.69) is 13.2 Å². The maximum absolute atomic E-state index is 11.9. The zero-order chi connectivity index (χ0) is 13.4. The van der Waals surface area contributed by atoms with Crippen LogP contribution in [0.15, 0.2) is 49.6 Å². The summed E-state index contributed by atoms with van der Waals surface area (Å²) >= 11 is 0. The predicted molar refractivity (Wildman–Crippen MR) is 73.3 cm³/mol. The van der Waals surface area contributed by atoms with E-state index in [1.807, 2.05) is 0 Å². The summed E-state index contributed by atoms with van der Waals surface area (Å²) in [6, 6.07) is 6.98. The molecule has 0 heterocycles. The Morgan fingerprint density at radius 3 is 2.56 bits per heavy atom. The van der Waals surface area contributed by atoms with Gasteiger partial charge < -0.3 is 15.4 Å². The smallest absolute Gasteiger partial charge is 0.261 e. The van der Waals surface area contributed by atoms with Crippen LogP contribution >= 0.6 is 0 Å². The van der Waals surface area contributed by atoms with E-state index >= 15 is 0 Å². The van der Waals surface area contributed by atoms with Crippen LogP contribution in [0.5, 0.6) is 5.75 Å². The molecule has 0 aromatic heterocycles. The predicted octanol–water partition coefficient (Wildman–Crippen LogP) is 1.85. The lowest BCUT2D eigenvalue weighted by Gasteiger charge is -2.19. The Morgan fingerprint density at radius 2 is 2.00 bits per heavy atom. The molecule has 96 valence electrons. The van der Waals surface area contributed by atoms with E-state index in [1.54, 1.807) is 41.3 Å². The Hall–Kier alpha value is -2.23. The number of amides is 1. The molecule has 18 heavy (non-hydrogen) atoms. The number of nitrogens with two attached hydrogens (primary N) is 1. The molecule has 1 rings (SSSR count). The van der Waals surface area contributed by atoms with Crippen LogP contribution in [0.2, 0.25) is 0 Å². The first kappa shape index (κ1) is 13.8. The molecule has 0 aliphatic carbocycles. The molecule has 1 aromatic rings. The van der Waals surface area contributed by atoms with E-state index in [1.165, 1.54) is 0 Å². The third-order valence-corrected chi connectivity index (χ3v) is 2.27. The minimum atomic E-state index is -0.114. The van der Waals surface area contributed by atoms with Crippen molar-refractivity contribution in [2.45, 2.75) is 0 Å². The second-order valence-corrected chi connectivity index (χ2v) is 3.74. The molecule has 4 heteroatoms. The van der Waals surface area contributed by atoms with Crippen LogP contribution in [0.25, 0.3) is 0 Å². The number of rotatable bonds is 7. The largest absolute Gasteiger partial charge is 0.484 e. The van der Waals surface area contributed by atoms with Crippen molar-refractivity contribution in [2.24, 2.45) is 0 Å². The Bertz CT molecular complexity index is 420. The minimum absolute atomic E-state index is 0.0227. The fourth-order valence-electron chi connectivity index (χ4n) is 1.43. The van der Waals surface area contributed by atoms with Crippen molar-refractivity contribution in [2.75, 3.05) is 25.4 Å². The van der Waals surface area contributed by atoms with E-state index in [9.17, 15) is 4.79 Å². The molecular formula is C14H18N2O2. The number of nitrogen functional groups attached to an aromatic ring is 1. The zero-order valence-electron chi connectivity index (χ0n) is 10.3. The molecule has 0 unspecified atom stereocenters. The lowest BCUT2D eigenvalue weighted by molar-refractivity contribution is -0.132. The van der Waals surface area contributed by atoms with E-state index in [-0.39, 0.29) is 12.5 Å². The molecule has 0 saturated carbocycles. The van der Waals surface area contributed by atoms with Crippen molar-refractivity contribution in [3.8, 4) is 5.75 Å². The minimum Gasteiger partial charge on any atom is -0.484 e. The molecule has 1 amide bonds. The standard InChI is InChI=1S/C14H18N2O2/c1-3-8-16(9-4-2)14(17)11-18-13-7-5-6-12(15)10-13/h3-7,10H,1-2,8-9,11,15H2. The summed E-state index contributed by atoms with van der Waals surface area (Å²) in [6.07, 6.45) is 3.34.